The minimum Gasteiger partial charge on any atom is -0.497 e. The predicted molar refractivity (Wildman–Crippen MR) is 81.1 cm³/mol. The van der Waals surface area contributed by atoms with Crippen molar-refractivity contribution in [3.05, 3.63) is 40.3 Å². The lowest BCUT2D eigenvalue weighted by molar-refractivity contribution is 0.102. The maximum Gasteiger partial charge on any atom is 0.189 e. The Labute approximate surface area is 119 Å². The molecule has 3 heteroatoms. The van der Waals surface area contributed by atoms with E-state index in [9.17, 15) is 4.79 Å². The molecule has 0 amide bonds. The highest BCUT2D eigenvalue weighted by atomic mass is 32.2. The Kier molecular flexibility index (Phi) is 5.08. The minimum absolute atomic E-state index is 0.188. The van der Waals surface area contributed by atoms with Gasteiger partial charge in [0.1, 0.15) is 5.75 Å². The molecule has 0 aliphatic heterocycles. The molecule has 0 unspecified atom stereocenters. The number of Topliss-reactive ketones (excluding diaryl/α,β-unsaturated/α-hetero) is 1. The molecule has 0 heterocycles. The Morgan fingerprint density at radius 1 is 1.37 bits per heavy atom. The molecule has 19 heavy (non-hydrogen) atoms. The molecule has 1 aromatic carbocycles. The van der Waals surface area contributed by atoms with Gasteiger partial charge in [-0.25, -0.2) is 0 Å². The number of allylic oxidation sites excluding steroid dienone is 1. The summed E-state index contributed by atoms with van der Waals surface area (Å²) in [5, 5.41) is 2.06. The molecule has 0 spiro atoms. The predicted octanol–water partition coefficient (Wildman–Crippen LogP) is 4.24. The molecule has 1 aromatic rings. The number of carbonyl (C=O) groups is 1. The van der Waals surface area contributed by atoms with Gasteiger partial charge in [-0.3, -0.25) is 4.79 Å². The summed E-state index contributed by atoms with van der Waals surface area (Å²) in [6.07, 6.45) is 4.18. The number of ether oxygens (including phenoxy) is 1. The maximum absolute atomic E-state index is 12.4. The number of unbranched alkanes of at least 4 members (excludes halogenated alkanes) is 1. The van der Waals surface area contributed by atoms with Crippen molar-refractivity contribution in [1.82, 2.24) is 0 Å². The van der Waals surface area contributed by atoms with Crippen molar-refractivity contribution < 1.29 is 9.53 Å². The molecule has 0 radical (unpaired) electrons. The fourth-order valence-corrected chi connectivity index (χ4v) is 3.18. The molecule has 0 aromatic heterocycles. The number of carbonyl (C=O) groups excluding carboxylic acids is 1. The van der Waals surface area contributed by atoms with Gasteiger partial charge >= 0.3 is 0 Å². The Morgan fingerprint density at radius 3 is 2.95 bits per heavy atom. The van der Waals surface area contributed by atoms with E-state index < -0.39 is 0 Å². The lowest BCUT2D eigenvalue weighted by Crippen LogP contribution is -2.14. The number of rotatable bonds is 5. The molecule has 0 saturated heterocycles. The van der Waals surface area contributed by atoms with Crippen molar-refractivity contribution in [1.29, 1.82) is 0 Å². The Morgan fingerprint density at radius 2 is 2.21 bits per heavy atom. The van der Waals surface area contributed by atoms with E-state index in [0.717, 1.165) is 41.0 Å². The molecule has 0 fully saturated rings. The van der Waals surface area contributed by atoms with E-state index in [1.54, 1.807) is 18.9 Å². The molecular formula is C16H20O2S. The van der Waals surface area contributed by atoms with E-state index in [2.05, 4.69) is 12.3 Å². The second kappa shape index (κ2) is 6.80. The average Bonchev–Trinajstić information content (AvgIpc) is 2.45. The van der Waals surface area contributed by atoms with Gasteiger partial charge in [-0.1, -0.05) is 13.3 Å². The van der Waals surface area contributed by atoms with Gasteiger partial charge in [0.05, 0.1) is 7.11 Å². The van der Waals surface area contributed by atoms with E-state index >= 15 is 0 Å². The monoisotopic (exact) mass is 276 g/mol. The first-order chi connectivity index (χ1) is 9.26. The zero-order chi connectivity index (χ0) is 13.7. The molecule has 0 saturated carbocycles. The van der Waals surface area contributed by atoms with Gasteiger partial charge in [0.25, 0.3) is 0 Å². The zero-order valence-electron chi connectivity index (χ0n) is 11.6. The molecule has 1 aliphatic carbocycles. The Balaban J connectivity index is 2.11. The van der Waals surface area contributed by atoms with Crippen LogP contribution >= 0.6 is 11.8 Å². The summed E-state index contributed by atoms with van der Waals surface area (Å²) in [5.41, 5.74) is 2.91. The summed E-state index contributed by atoms with van der Waals surface area (Å²) in [6.45, 7) is 2.18. The van der Waals surface area contributed by atoms with Gasteiger partial charge in [-0.05, 0) is 54.2 Å². The third kappa shape index (κ3) is 3.41. The SMILES string of the molecule is CCCCS/C=C1/CCc2cc(OC)ccc2C1=O. The molecule has 0 atom stereocenters. The number of hydrogen-bond acceptors (Lipinski definition) is 3. The molecule has 1 aliphatic rings. The number of methoxy groups -OCH3 is 1. The average molecular weight is 276 g/mol. The van der Waals surface area contributed by atoms with Crippen LogP contribution in [0.5, 0.6) is 5.75 Å². The zero-order valence-corrected chi connectivity index (χ0v) is 12.4. The normalized spacial score (nSPS) is 16.5. The third-order valence-electron chi connectivity index (χ3n) is 3.35. The van der Waals surface area contributed by atoms with Gasteiger partial charge in [0.2, 0.25) is 0 Å². The van der Waals surface area contributed by atoms with Crippen LogP contribution in [0.3, 0.4) is 0 Å². The summed E-state index contributed by atoms with van der Waals surface area (Å²) < 4.78 is 5.20. The number of thioether (sulfide) groups is 1. The summed E-state index contributed by atoms with van der Waals surface area (Å²) >= 11 is 1.76. The van der Waals surface area contributed by atoms with Crippen LogP contribution in [0.15, 0.2) is 29.2 Å². The molecule has 0 N–H and O–H groups in total. The van der Waals surface area contributed by atoms with Crippen molar-refractivity contribution >= 4 is 17.5 Å². The summed E-state index contributed by atoms with van der Waals surface area (Å²) in [6, 6.07) is 5.73. The second-order valence-electron chi connectivity index (χ2n) is 4.72. The van der Waals surface area contributed by atoms with Crippen LogP contribution in [0.2, 0.25) is 0 Å². The fraction of sp³-hybridized carbons (Fsp3) is 0.438. The standard InChI is InChI=1S/C16H20O2S/c1-3-4-9-19-11-13-6-5-12-10-14(18-2)7-8-15(12)16(13)17/h7-8,10-11H,3-6,9H2,1-2H3/b13-11-. The van der Waals surface area contributed by atoms with Crippen LogP contribution in [0.4, 0.5) is 0 Å². The van der Waals surface area contributed by atoms with Gasteiger partial charge in [0, 0.05) is 11.1 Å². The van der Waals surface area contributed by atoms with Crippen LogP contribution in [-0.4, -0.2) is 18.6 Å². The molecule has 2 nitrogen and oxygen atoms in total. The van der Waals surface area contributed by atoms with Crippen molar-refractivity contribution in [3.63, 3.8) is 0 Å². The van der Waals surface area contributed by atoms with Crippen molar-refractivity contribution in [2.75, 3.05) is 12.9 Å². The Hall–Kier alpha value is -1.22. The van der Waals surface area contributed by atoms with Gasteiger partial charge < -0.3 is 4.74 Å². The first-order valence-electron chi connectivity index (χ1n) is 6.78. The van der Waals surface area contributed by atoms with Crippen molar-refractivity contribution in [2.45, 2.75) is 32.6 Å². The maximum atomic E-state index is 12.4. The lowest BCUT2D eigenvalue weighted by atomic mass is 9.87. The van der Waals surface area contributed by atoms with Gasteiger partial charge in [0.15, 0.2) is 5.78 Å². The van der Waals surface area contributed by atoms with E-state index in [4.69, 9.17) is 4.74 Å². The minimum atomic E-state index is 0.188. The van der Waals surface area contributed by atoms with Crippen LogP contribution in [0, 0.1) is 0 Å². The van der Waals surface area contributed by atoms with Gasteiger partial charge in [-0.2, -0.15) is 0 Å². The molecular weight excluding hydrogens is 256 g/mol. The molecule has 0 bridgehead atoms. The largest absolute Gasteiger partial charge is 0.497 e. The van der Waals surface area contributed by atoms with Crippen LogP contribution in [-0.2, 0) is 6.42 Å². The highest BCUT2D eigenvalue weighted by molar-refractivity contribution is 8.02. The Bertz CT molecular complexity index is 492. The summed E-state index contributed by atoms with van der Waals surface area (Å²) in [4.78, 5) is 12.4. The van der Waals surface area contributed by atoms with Crippen molar-refractivity contribution in [2.24, 2.45) is 0 Å². The smallest absolute Gasteiger partial charge is 0.189 e. The number of aryl methyl sites for hydroxylation is 1. The first kappa shape index (κ1) is 14.2. The summed E-state index contributed by atoms with van der Waals surface area (Å²) in [7, 11) is 1.65. The topological polar surface area (TPSA) is 26.3 Å². The lowest BCUT2D eigenvalue weighted by Gasteiger charge is -2.18. The van der Waals surface area contributed by atoms with E-state index in [1.807, 2.05) is 18.2 Å². The molecule has 102 valence electrons. The van der Waals surface area contributed by atoms with Crippen LogP contribution in [0.25, 0.3) is 0 Å². The molecule has 2 rings (SSSR count). The van der Waals surface area contributed by atoms with Gasteiger partial charge in [-0.15, -0.1) is 11.8 Å². The number of benzene rings is 1. The number of hydrogen-bond donors (Lipinski definition) is 0. The first-order valence-corrected chi connectivity index (χ1v) is 7.83. The summed E-state index contributed by atoms with van der Waals surface area (Å²) in [5.74, 6) is 2.12. The highest BCUT2D eigenvalue weighted by Gasteiger charge is 2.21. The third-order valence-corrected chi connectivity index (χ3v) is 4.33. The van der Waals surface area contributed by atoms with Crippen LogP contribution < -0.4 is 4.74 Å². The number of ketones is 1. The number of fused-ring (bicyclic) bond motifs is 1. The van der Waals surface area contributed by atoms with E-state index in [0.29, 0.717) is 0 Å². The fourth-order valence-electron chi connectivity index (χ4n) is 2.18. The van der Waals surface area contributed by atoms with Crippen molar-refractivity contribution in [3.8, 4) is 5.75 Å². The second-order valence-corrected chi connectivity index (χ2v) is 5.70. The van der Waals surface area contributed by atoms with E-state index in [1.165, 1.54) is 12.8 Å². The highest BCUT2D eigenvalue weighted by Crippen LogP contribution is 2.29. The van der Waals surface area contributed by atoms with E-state index in [-0.39, 0.29) is 5.78 Å². The quantitative estimate of drug-likeness (QED) is 0.594. The van der Waals surface area contributed by atoms with Crippen LogP contribution in [0.1, 0.15) is 42.1 Å².